The first-order chi connectivity index (χ1) is 20.1. The zero-order valence-corrected chi connectivity index (χ0v) is 22.5. The van der Waals surface area contributed by atoms with Gasteiger partial charge in [-0.2, -0.15) is 8.78 Å². The number of hydrogen-bond acceptors (Lipinski definition) is 1. The normalized spacial score (nSPS) is 11.7. The van der Waals surface area contributed by atoms with Gasteiger partial charge in [0.2, 0.25) is 0 Å². The fraction of sp³-hybridized carbons (Fsp3) is 0.176. The molecule has 0 saturated carbocycles. The monoisotopic (exact) mass is 582 g/mol. The lowest BCUT2D eigenvalue weighted by molar-refractivity contribution is -0.189. The zero-order chi connectivity index (χ0) is 30.0. The van der Waals surface area contributed by atoms with E-state index in [0.717, 1.165) is 60.7 Å². The molecule has 0 atom stereocenters. The molecule has 0 fully saturated rings. The average molecular weight is 583 g/mol. The molecule has 0 bridgehead atoms. The fourth-order valence-electron chi connectivity index (χ4n) is 4.86. The molecule has 0 radical (unpaired) electrons. The Labute approximate surface area is 238 Å². The van der Waals surface area contributed by atoms with Crippen molar-refractivity contribution >= 4 is 10.8 Å². The molecule has 0 unspecified atom stereocenters. The quantitative estimate of drug-likeness (QED) is 0.0955. The first-order valence-corrected chi connectivity index (χ1v) is 13.4. The van der Waals surface area contributed by atoms with E-state index in [9.17, 15) is 30.7 Å². The van der Waals surface area contributed by atoms with Gasteiger partial charge in [0.1, 0.15) is 22.9 Å². The summed E-state index contributed by atoms with van der Waals surface area (Å²) in [7, 11) is 0. The summed E-state index contributed by atoms with van der Waals surface area (Å²) in [5.74, 6) is -8.46. The third-order valence-corrected chi connectivity index (χ3v) is 7.10. The Hall–Kier alpha value is -4.33. The predicted octanol–water partition coefficient (Wildman–Crippen LogP) is 10.7. The molecule has 0 aliphatic rings. The molecule has 5 aromatic rings. The average Bonchev–Trinajstić information content (AvgIpc) is 2.96. The lowest BCUT2D eigenvalue weighted by Gasteiger charge is -2.20. The van der Waals surface area contributed by atoms with Crippen molar-refractivity contribution in [1.82, 2.24) is 0 Å². The molecule has 5 rings (SSSR count). The van der Waals surface area contributed by atoms with Crippen LogP contribution in [0.2, 0.25) is 0 Å². The number of halogens is 7. The van der Waals surface area contributed by atoms with E-state index in [4.69, 9.17) is 0 Å². The van der Waals surface area contributed by atoms with Crippen LogP contribution < -0.4 is 4.74 Å². The Morgan fingerprint density at radius 2 is 1.17 bits per heavy atom. The maximum Gasteiger partial charge on any atom is 0.432 e. The van der Waals surface area contributed by atoms with Crippen LogP contribution in [0.3, 0.4) is 0 Å². The van der Waals surface area contributed by atoms with E-state index in [0.29, 0.717) is 11.6 Å². The summed E-state index contributed by atoms with van der Waals surface area (Å²) < 4.78 is 105. The molecule has 8 heteroatoms. The summed E-state index contributed by atoms with van der Waals surface area (Å²) in [6.45, 7) is 2.16. The molecule has 216 valence electrons. The van der Waals surface area contributed by atoms with Crippen LogP contribution in [0.5, 0.6) is 5.75 Å². The third-order valence-electron chi connectivity index (χ3n) is 7.10. The topological polar surface area (TPSA) is 9.23 Å². The van der Waals surface area contributed by atoms with Crippen LogP contribution in [0.15, 0.2) is 84.9 Å². The number of rotatable bonds is 9. The van der Waals surface area contributed by atoms with Gasteiger partial charge in [0, 0.05) is 5.39 Å². The summed E-state index contributed by atoms with van der Waals surface area (Å²) in [4.78, 5) is 0. The molecule has 0 spiro atoms. The summed E-state index contributed by atoms with van der Waals surface area (Å²) in [5, 5.41) is -0.654. The smallest absolute Gasteiger partial charge is 0.429 e. The predicted molar refractivity (Wildman–Crippen MR) is 149 cm³/mol. The van der Waals surface area contributed by atoms with Crippen molar-refractivity contribution in [2.24, 2.45) is 0 Å². The minimum Gasteiger partial charge on any atom is -0.429 e. The van der Waals surface area contributed by atoms with Crippen molar-refractivity contribution in [2.45, 2.75) is 38.7 Å². The van der Waals surface area contributed by atoms with Crippen LogP contribution >= 0.6 is 0 Å². The standard InChI is InChI=1S/C34H25F7O/c1-2-3-4-5-20-6-8-21(9-7-20)22-10-12-23(13-11-22)24-17-28(35)31(29(36)18-24)34(40,41)42-26-14-15-27-25(16-26)19-30(37)33(39)32(27)38/h6-19H,2-5H2,1H3. The molecule has 42 heavy (non-hydrogen) atoms. The van der Waals surface area contributed by atoms with E-state index in [2.05, 4.69) is 23.8 Å². The second-order valence-corrected chi connectivity index (χ2v) is 10.0. The molecule has 0 aromatic heterocycles. The molecule has 0 aliphatic carbocycles. The van der Waals surface area contributed by atoms with E-state index < -0.39 is 46.5 Å². The van der Waals surface area contributed by atoms with Gasteiger partial charge in [0.05, 0.1) is 0 Å². The van der Waals surface area contributed by atoms with Gasteiger partial charge in [-0.25, -0.2) is 22.0 Å². The summed E-state index contributed by atoms with van der Waals surface area (Å²) in [5.41, 5.74) is 1.92. The second kappa shape index (κ2) is 11.9. The van der Waals surface area contributed by atoms with E-state index in [-0.39, 0.29) is 16.3 Å². The highest BCUT2D eigenvalue weighted by Gasteiger charge is 2.41. The number of benzene rings is 5. The van der Waals surface area contributed by atoms with Crippen LogP contribution in [0, 0.1) is 29.1 Å². The fourth-order valence-corrected chi connectivity index (χ4v) is 4.86. The first kappa shape index (κ1) is 29.2. The van der Waals surface area contributed by atoms with Crippen molar-refractivity contribution < 1.29 is 35.5 Å². The van der Waals surface area contributed by atoms with Gasteiger partial charge in [-0.1, -0.05) is 68.3 Å². The molecule has 0 heterocycles. The number of hydrogen-bond donors (Lipinski definition) is 0. The van der Waals surface area contributed by atoms with Crippen molar-refractivity contribution in [3.05, 3.63) is 125 Å². The Morgan fingerprint density at radius 3 is 1.76 bits per heavy atom. The Bertz CT molecular complexity index is 1710. The Kier molecular flexibility index (Phi) is 8.25. The lowest BCUT2D eigenvalue weighted by Crippen LogP contribution is -2.25. The summed E-state index contributed by atoms with van der Waals surface area (Å²) in [6, 6.07) is 19.7. The number of ether oxygens (including phenoxy) is 1. The largest absolute Gasteiger partial charge is 0.432 e. The van der Waals surface area contributed by atoms with E-state index in [1.807, 2.05) is 12.1 Å². The van der Waals surface area contributed by atoms with E-state index >= 15 is 0 Å². The highest BCUT2D eigenvalue weighted by molar-refractivity contribution is 5.84. The van der Waals surface area contributed by atoms with Gasteiger partial charge in [0.15, 0.2) is 17.5 Å². The maximum atomic E-state index is 15.0. The van der Waals surface area contributed by atoms with Crippen LogP contribution in [0.1, 0.15) is 37.3 Å². The minimum atomic E-state index is -4.48. The number of alkyl halides is 2. The second-order valence-electron chi connectivity index (χ2n) is 10.0. The van der Waals surface area contributed by atoms with E-state index in [1.54, 1.807) is 24.3 Å². The molecule has 0 N–H and O–H groups in total. The highest BCUT2D eigenvalue weighted by atomic mass is 19.3. The molecule has 0 saturated heterocycles. The van der Waals surface area contributed by atoms with Gasteiger partial charge in [-0.05, 0) is 82.4 Å². The van der Waals surface area contributed by atoms with Crippen LogP contribution in [-0.4, -0.2) is 0 Å². The van der Waals surface area contributed by atoms with Crippen molar-refractivity contribution in [2.75, 3.05) is 0 Å². The minimum absolute atomic E-state index is 0.0426. The van der Waals surface area contributed by atoms with Crippen molar-refractivity contribution in [1.29, 1.82) is 0 Å². The molecular weight excluding hydrogens is 557 g/mol. The van der Waals surface area contributed by atoms with Crippen molar-refractivity contribution in [3.8, 4) is 28.0 Å². The number of unbranched alkanes of at least 4 members (excludes halogenated alkanes) is 2. The molecule has 0 amide bonds. The van der Waals surface area contributed by atoms with Crippen LogP contribution in [0.4, 0.5) is 30.7 Å². The number of aryl methyl sites for hydroxylation is 1. The molecular formula is C34H25F7O. The maximum absolute atomic E-state index is 15.0. The van der Waals surface area contributed by atoms with Gasteiger partial charge in [-0.3, -0.25) is 0 Å². The third kappa shape index (κ3) is 5.98. The summed E-state index contributed by atoms with van der Waals surface area (Å²) >= 11 is 0. The molecule has 1 nitrogen and oxygen atoms in total. The number of fused-ring (bicyclic) bond motifs is 1. The Balaban J connectivity index is 1.36. The highest BCUT2D eigenvalue weighted by Crippen LogP contribution is 2.38. The first-order valence-electron chi connectivity index (χ1n) is 13.4. The van der Waals surface area contributed by atoms with Crippen LogP contribution in [0.25, 0.3) is 33.0 Å². The SMILES string of the molecule is CCCCCc1ccc(-c2ccc(-c3cc(F)c(C(F)(F)Oc4ccc5c(F)c(F)c(F)cc5c4)c(F)c3)cc2)cc1. The van der Waals surface area contributed by atoms with Gasteiger partial charge in [-0.15, -0.1) is 0 Å². The lowest BCUT2D eigenvalue weighted by atomic mass is 9.97. The molecule has 5 aromatic carbocycles. The van der Waals surface area contributed by atoms with Gasteiger partial charge < -0.3 is 4.74 Å². The van der Waals surface area contributed by atoms with Crippen molar-refractivity contribution in [3.63, 3.8) is 0 Å². The Morgan fingerprint density at radius 1 is 0.595 bits per heavy atom. The van der Waals surface area contributed by atoms with E-state index in [1.165, 1.54) is 12.0 Å². The summed E-state index contributed by atoms with van der Waals surface area (Å²) in [6.07, 6.45) is -0.0199. The molecule has 0 aliphatic heterocycles. The zero-order valence-electron chi connectivity index (χ0n) is 22.5. The van der Waals surface area contributed by atoms with Crippen LogP contribution in [-0.2, 0) is 12.5 Å². The van der Waals surface area contributed by atoms with Gasteiger partial charge >= 0.3 is 6.11 Å². The van der Waals surface area contributed by atoms with Gasteiger partial charge in [0.25, 0.3) is 0 Å².